The van der Waals surface area contributed by atoms with Crippen molar-refractivity contribution in [1.29, 1.82) is 0 Å². The molecule has 0 radical (unpaired) electrons. The first-order valence-electron chi connectivity index (χ1n) is 5.17. The first-order valence-corrected chi connectivity index (χ1v) is 5.17. The second-order valence-electron chi connectivity index (χ2n) is 3.45. The van der Waals surface area contributed by atoms with E-state index < -0.39 is 5.95 Å². The van der Waals surface area contributed by atoms with Crippen LogP contribution in [0.1, 0.15) is 25.2 Å². The summed E-state index contributed by atoms with van der Waals surface area (Å²) < 4.78 is 12.9. The van der Waals surface area contributed by atoms with Gasteiger partial charge in [-0.1, -0.05) is 6.92 Å². The monoisotopic (exact) mass is 220 g/mol. The molecule has 1 unspecified atom stereocenters. The van der Waals surface area contributed by atoms with E-state index in [0.29, 0.717) is 5.69 Å². The Hall–Kier alpha value is -1.91. The summed E-state index contributed by atoms with van der Waals surface area (Å²) >= 11 is 0. The lowest BCUT2D eigenvalue weighted by Gasteiger charge is -2.15. The average molecular weight is 220 g/mol. The number of nitrogens with one attached hydrogen (secondary N) is 2. The third-order valence-electron chi connectivity index (χ3n) is 2.33. The standard InChI is InChI=1S/C11H13FN4/c1-2-9(11-14-5-6-15-11)16-8-3-4-13-10(12)7-8/h3-7,9H,2H2,1H3,(H,13,16)(H,14,15). The van der Waals surface area contributed by atoms with Gasteiger partial charge in [-0.2, -0.15) is 4.39 Å². The molecule has 4 nitrogen and oxygen atoms in total. The van der Waals surface area contributed by atoms with Gasteiger partial charge in [0, 0.05) is 30.3 Å². The lowest BCUT2D eigenvalue weighted by atomic mass is 10.2. The molecular weight excluding hydrogens is 207 g/mol. The summed E-state index contributed by atoms with van der Waals surface area (Å²) in [7, 11) is 0. The predicted octanol–water partition coefficient (Wildman–Crippen LogP) is 2.51. The van der Waals surface area contributed by atoms with Crippen LogP contribution in [-0.2, 0) is 0 Å². The zero-order valence-corrected chi connectivity index (χ0v) is 8.94. The van der Waals surface area contributed by atoms with Crippen molar-refractivity contribution in [3.63, 3.8) is 0 Å². The van der Waals surface area contributed by atoms with E-state index in [9.17, 15) is 4.39 Å². The summed E-state index contributed by atoms with van der Waals surface area (Å²) in [6.07, 6.45) is 5.77. The summed E-state index contributed by atoms with van der Waals surface area (Å²) in [5, 5.41) is 3.20. The number of hydrogen-bond acceptors (Lipinski definition) is 3. The minimum Gasteiger partial charge on any atom is -0.375 e. The Bertz CT molecular complexity index is 441. The fraction of sp³-hybridized carbons (Fsp3) is 0.273. The second kappa shape index (κ2) is 4.74. The molecule has 0 bridgehead atoms. The van der Waals surface area contributed by atoms with Crippen molar-refractivity contribution in [1.82, 2.24) is 15.0 Å². The van der Waals surface area contributed by atoms with Crippen LogP contribution in [-0.4, -0.2) is 15.0 Å². The number of imidazole rings is 1. The highest BCUT2D eigenvalue weighted by Gasteiger charge is 2.11. The van der Waals surface area contributed by atoms with Crippen LogP contribution in [0, 0.1) is 5.95 Å². The number of H-pyrrole nitrogens is 1. The van der Waals surface area contributed by atoms with Gasteiger partial charge >= 0.3 is 0 Å². The maximum Gasteiger partial charge on any atom is 0.214 e. The van der Waals surface area contributed by atoms with E-state index in [-0.39, 0.29) is 6.04 Å². The number of aromatic nitrogens is 3. The fourth-order valence-corrected chi connectivity index (χ4v) is 1.53. The smallest absolute Gasteiger partial charge is 0.214 e. The molecule has 0 fully saturated rings. The quantitative estimate of drug-likeness (QED) is 0.778. The third-order valence-corrected chi connectivity index (χ3v) is 2.33. The normalized spacial score (nSPS) is 12.4. The molecule has 0 aliphatic heterocycles. The molecule has 0 spiro atoms. The van der Waals surface area contributed by atoms with Crippen LogP contribution in [0.4, 0.5) is 10.1 Å². The first kappa shape index (κ1) is 10.6. The summed E-state index contributed by atoms with van der Waals surface area (Å²) in [4.78, 5) is 10.7. The molecule has 2 heterocycles. The molecule has 0 amide bonds. The molecule has 0 aromatic carbocycles. The molecule has 16 heavy (non-hydrogen) atoms. The van der Waals surface area contributed by atoms with E-state index in [1.807, 2.05) is 6.92 Å². The van der Waals surface area contributed by atoms with Crippen LogP contribution in [0.25, 0.3) is 0 Å². The van der Waals surface area contributed by atoms with Gasteiger partial charge in [-0.05, 0) is 12.5 Å². The maximum atomic E-state index is 12.9. The van der Waals surface area contributed by atoms with Gasteiger partial charge in [0.25, 0.3) is 0 Å². The highest BCUT2D eigenvalue weighted by atomic mass is 19.1. The number of anilines is 1. The molecule has 2 aromatic rings. The SMILES string of the molecule is CCC(Nc1ccnc(F)c1)c1ncc[nH]1. The van der Waals surface area contributed by atoms with Crippen molar-refractivity contribution >= 4 is 5.69 Å². The van der Waals surface area contributed by atoms with Crippen molar-refractivity contribution in [2.45, 2.75) is 19.4 Å². The summed E-state index contributed by atoms with van der Waals surface area (Å²) in [6.45, 7) is 2.04. The van der Waals surface area contributed by atoms with Crippen molar-refractivity contribution in [3.8, 4) is 0 Å². The molecule has 2 aromatic heterocycles. The molecule has 2 rings (SSSR count). The van der Waals surface area contributed by atoms with E-state index in [1.165, 1.54) is 12.3 Å². The summed E-state index contributed by atoms with van der Waals surface area (Å²) in [5.74, 6) is 0.360. The van der Waals surface area contributed by atoms with Crippen molar-refractivity contribution in [2.24, 2.45) is 0 Å². The lowest BCUT2D eigenvalue weighted by Crippen LogP contribution is -2.11. The Balaban J connectivity index is 2.13. The highest BCUT2D eigenvalue weighted by molar-refractivity contribution is 5.42. The van der Waals surface area contributed by atoms with Gasteiger partial charge in [0.2, 0.25) is 5.95 Å². The number of pyridine rings is 1. The van der Waals surface area contributed by atoms with Crippen molar-refractivity contribution in [3.05, 3.63) is 42.5 Å². The molecule has 1 atom stereocenters. The molecule has 0 aliphatic carbocycles. The van der Waals surface area contributed by atoms with Gasteiger partial charge in [0.1, 0.15) is 5.82 Å². The zero-order valence-electron chi connectivity index (χ0n) is 8.94. The zero-order chi connectivity index (χ0) is 11.4. The van der Waals surface area contributed by atoms with Gasteiger partial charge in [-0.3, -0.25) is 0 Å². The molecular formula is C11H13FN4. The molecule has 84 valence electrons. The largest absolute Gasteiger partial charge is 0.375 e. The second-order valence-corrected chi connectivity index (χ2v) is 3.45. The third kappa shape index (κ3) is 2.36. The van der Waals surface area contributed by atoms with Crippen LogP contribution >= 0.6 is 0 Å². The lowest BCUT2D eigenvalue weighted by molar-refractivity contribution is 0.583. The van der Waals surface area contributed by atoms with E-state index >= 15 is 0 Å². The van der Waals surface area contributed by atoms with Crippen LogP contribution in [0.15, 0.2) is 30.7 Å². The Kier molecular flexibility index (Phi) is 3.14. The van der Waals surface area contributed by atoms with Gasteiger partial charge in [-0.15, -0.1) is 0 Å². The topological polar surface area (TPSA) is 53.6 Å². The number of rotatable bonds is 4. The van der Waals surface area contributed by atoms with Gasteiger partial charge in [-0.25, -0.2) is 9.97 Å². The van der Waals surface area contributed by atoms with Crippen LogP contribution in [0.5, 0.6) is 0 Å². The van der Waals surface area contributed by atoms with Gasteiger partial charge in [0.05, 0.1) is 6.04 Å². The number of nitrogens with zero attached hydrogens (tertiary/aromatic N) is 2. The summed E-state index contributed by atoms with van der Waals surface area (Å²) in [5.41, 5.74) is 0.704. The minimum absolute atomic E-state index is 0.0526. The first-order chi connectivity index (χ1) is 7.79. The molecule has 5 heteroatoms. The number of halogens is 1. The minimum atomic E-state index is -0.487. The maximum absolute atomic E-state index is 12.9. The fourth-order valence-electron chi connectivity index (χ4n) is 1.53. The van der Waals surface area contributed by atoms with E-state index in [4.69, 9.17) is 0 Å². The van der Waals surface area contributed by atoms with E-state index in [0.717, 1.165) is 12.2 Å². The average Bonchev–Trinajstić information content (AvgIpc) is 2.79. The van der Waals surface area contributed by atoms with Crippen LogP contribution < -0.4 is 5.32 Å². The highest BCUT2D eigenvalue weighted by Crippen LogP contribution is 2.19. The van der Waals surface area contributed by atoms with Crippen molar-refractivity contribution in [2.75, 3.05) is 5.32 Å². The predicted molar refractivity (Wildman–Crippen MR) is 59.4 cm³/mol. The Morgan fingerprint density at radius 3 is 2.94 bits per heavy atom. The molecule has 2 N–H and O–H groups in total. The number of aromatic amines is 1. The van der Waals surface area contributed by atoms with Gasteiger partial charge in [0.15, 0.2) is 0 Å². The van der Waals surface area contributed by atoms with E-state index in [2.05, 4.69) is 20.3 Å². The summed E-state index contributed by atoms with van der Waals surface area (Å²) in [6, 6.07) is 3.15. The van der Waals surface area contributed by atoms with Crippen LogP contribution in [0.2, 0.25) is 0 Å². The Morgan fingerprint density at radius 2 is 2.31 bits per heavy atom. The number of hydrogen-bond donors (Lipinski definition) is 2. The Morgan fingerprint density at radius 1 is 1.44 bits per heavy atom. The van der Waals surface area contributed by atoms with Gasteiger partial charge < -0.3 is 10.3 Å². The van der Waals surface area contributed by atoms with E-state index in [1.54, 1.807) is 18.5 Å². The molecule has 0 saturated carbocycles. The molecule has 0 aliphatic rings. The molecule has 0 saturated heterocycles. The Labute approximate surface area is 92.9 Å². The van der Waals surface area contributed by atoms with Crippen molar-refractivity contribution < 1.29 is 4.39 Å². The van der Waals surface area contributed by atoms with Crippen LogP contribution in [0.3, 0.4) is 0 Å².